The molecule has 7 heteroatoms. The molecule has 0 spiro atoms. The Hall–Kier alpha value is -1.79. The number of hydrogen-bond donors (Lipinski definition) is 0. The molecule has 0 aliphatic carbocycles. The molecule has 2 rings (SSSR count). The van der Waals surface area contributed by atoms with E-state index in [-0.39, 0.29) is 11.7 Å². The molecule has 24 heavy (non-hydrogen) atoms. The largest absolute Gasteiger partial charge is 0.496 e. The Balaban J connectivity index is 1.98. The molecule has 0 aliphatic rings. The van der Waals surface area contributed by atoms with Gasteiger partial charge in [0.1, 0.15) is 5.75 Å². The predicted molar refractivity (Wildman–Crippen MR) is 96.7 cm³/mol. The molecule has 1 heterocycles. The average Bonchev–Trinajstić information content (AvgIpc) is 2.52. The Morgan fingerprint density at radius 2 is 1.92 bits per heavy atom. The number of aromatic nitrogens is 2. The SMILES string of the molecule is COc1ccc(Cl)cc1CN(C)C(=O)CSc1nc(C)cc(C)n1. The minimum absolute atomic E-state index is 0.00946. The Labute approximate surface area is 151 Å². The van der Waals surface area contributed by atoms with Crippen molar-refractivity contribution in [2.45, 2.75) is 25.5 Å². The molecule has 0 unspecified atom stereocenters. The first-order valence-corrected chi connectivity index (χ1v) is 8.77. The molecular formula is C17H20ClN3O2S. The van der Waals surface area contributed by atoms with Crippen molar-refractivity contribution in [3.63, 3.8) is 0 Å². The highest BCUT2D eigenvalue weighted by Crippen LogP contribution is 2.24. The van der Waals surface area contributed by atoms with Crippen molar-refractivity contribution >= 4 is 29.3 Å². The van der Waals surface area contributed by atoms with Crippen molar-refractivity contribution in [3.05, 3.63) is 46.2 Å². The Bertz CT molecular complexity index is 720. The van der Waals surface area contributed by atoms with Gasteiger partial charge in [-0.05, 0) is 38.1 Å². The Morgan fingerprint density at radius 3 is 2.54 bits per heavy atom. The van der Waals surface area contributed by atoms with Crippen LogP contribution in [0.3, 0.4) is 0 Å². The maximum atomic E-state index is 12.4. The van der Waals surface area contributed by atoms with Gasteiger partial charge in [0.25, 0.3) is 0 Å². The molecule has 1 amide bonds. The lowest BCUT2D eigenvalue weighted by molar-refractivity contribution is -0.127. The molecule has 2 aromatic rings. The maximum Gasteiger partial charge on any atom is 0.233 e. The normalized spacial score (nSPS) is 10.5. The molecule has 0 atom stereocenters. The van der Waals surface area contributed by atoms with Gasteiger partial charge in [-0.2, -0.15) is 0 Å². The van der Waals surface area contributed by atoms with Gasteiger partial charge in [0.05, 0.1) is 12.9 Å². The number of hydrogen-bond acceptors (Lipinski definition) is 5. The molecule has 0 N–H and O–H groups in total. The Kier molecular flexibility index (Phi) is 6.45. The van der Waals surface area contributed by atoms with E-state index in [1.165, 1.54) is 11.8 Å². The molecule has 128 valence electrons. The quantitative estimate of drug-likeness (QED) is 0.579. The van der Waals surface area contributed by atoms with Gasteiger partial charge in [0, 0.05) is 35.6 Å². The number of rotatable bonds is 6. The number of ether oxygens (including phenoxy) is 1. The lowest BCUT2D eigenvalue weighted by atomic mass is 10.2. The summed E-state index contributed by atoms with van der Waals surface area (Å²) in [6.45, 7) is 4.26. The van der Waals surface area contributed by atoms with Crippen molar-refractivity contribution in [2.75, 3.05) is 19.9 Å². The number of thioether (sulfide) groups is 1. The van der Waals surface area contributed by atoms with Gasteiger partial charge in [0.15, 0.2) is 5.16 Å². The molecule has 0 radical (unpaired) electrons. The number of aryl methyl sites for hydroxylation is 2. The first-order chi connectivity index (χ1) is 11.4. The van der Waals surface area contributed by atoms with E-state index in [9.17, 15) is 4.79 Å². The highest BCUT2D eigenvalue weighted by molar-refractivity contribution is 7.99. The van der Waals surface area contributed by atoms with E-state index in [1.54, 1.807) is 31.2 Å². The van der Waals surface area contributed by atoms with Crippen LogP contribution in [0, 0.1) is 13.8 Å². The van der Waals surface area contributed by atoms with E-state index < -0.39 is 0 Å². The molecule has 1 aromatic carbocycles. The third kappa shape index (κ3) is 5.11. The molecule has 0 saturated carbocycles. The van der Waals surface area contributed by atoms with Crippen LogP contribution in [0.15, 0.2) is 29.4 Å². The van der Waals surface area contributed by atoms with Crippen molar-refractivity contribution < 1.29 is 9.53 Å². The summed E-state index contributed by atoms with van der Waals surface area (Å²) in [5.41, 5.74) is 2.66. The summed E-state index contributed by atoms with van der Waals surface area (Å²) < 4.78 is 5.31. The van der Waals surface area contributed by atoms with E-state index in [0.29, 0.717) is 22.5 Å². The number of carbonyl (C=O) groups is 1. The molecule has 1 aromatic heterocycles. The van der Waals surface area contributed by atoms with Crippen molar-refractivity contribution in [2.24, 2.45) is 0 Å². The zero-order valence-electron chi connectivity index (χ0n) is 14.2. The van der Waals surface area contributed by atoms with Crippen LogP contribution in [0.1, 0.15) is 17.0 Å². The predicted octanol–water partition coefficient (Wildman–Crippen LogP) is 3.51. The highest BCUT2D eigenvalue weighted by Gasteiger charge is 2.14. The summed E-state index contributed by atoms with van der Waals surface area (Å²) in [6, 6.07) is 7.28. The molecule has 0 saturated heterocycles. The second-order valence-corrected chi connectivity index (χ2v) is 6.81. The fourth-order valence-corrected chi connectivity index (χ4v) is 3.29. The van der Waals surface area contributed by atoms with Crippen LogP contribution in [0.25, 0.3) is 0 Å². The van der Waals surface area contributed by atoms with Gasteiger partial charge in [-0.3, -0.25) is 4.79 Å². The van der Waals surface area contributed by atoms with Gasteiger partial charge < -0.3 is 9.64 Å². The monoisotopic (exact) mass is 365 g/mol. The third-order valence-corrected chi connectivity index (χ3v) is 4.43. The fourth-order valence-electron chi connectivity index (χ4n) is 2.21. The summed E-state index contributed by atoms with van der Waals surface area (Å²) in [5, 5.41) is 1.24. The minimum atomic E-state index is -0.00946. The van der Waals surface area contributed by atoms with Crippen LogP contribution in [0.2, 0.25) is 5.02 Å². The van der Waals surface area contributed by atoms with Gasteiger partial charge >= 0.3 is 0 Å². The van der Waals surface area contributed by atoms with Gasteiger partial charge in [-0.15, -0.1) is 0 Å². The number of methoxy groups -OCH3 is 1. The van der Waals surface area contributed by atoms with Crippen LogP contribution in [-0.4, -0.2) is 40.7 Å². The van der Waals surface area contributed by atoms with E-state index in [4.69, 9.17) is 16.3 Å². The van der Waals surface area contributed by atoms with E-state index in [0.717, 1.165) is 17.0 Å². The second-order valence-electron chi connectivity index (χ2n) is 5.43. The van der Waals surface area contributed by atoms with Crippen molar-refractivity contribution in [3.8, 4) is 5.75 Å². The van der Waals surface area contributed by atoms with Crippen LogP contribution < -0.4 is 4.74 Å². The lowest BCUT2D eigenvalue weighted by Crippen LogP contribution is -2.28. The van der Waals surface area contributed by atoms with Crippen LogP contribution in [-0.2, 0) is 11.3 Å². The van der Waals surface area contributed by atoms with Gasteiger partial charge in [-0.1, -0.05) is 23.4 Å². The molecule has 0 fully saturated rings. The highest BCUT2D eigenvalue weighted by atomic mass is 35.5. The number of nitrogens with zero attached hydrogens (tertiary/aromatic N) is 3. The molecule has 5 nitrogen and oxygen atoms in total. The summed E-state index contributed by atoms with van der Waals surface area (Å²) in [5.74, 6) is 0.983. The zero-order chi connectivity index (χ0) is 17.7. The number of amides is 1. The first-order valence-electron chi connectivity index (χ1n) is 7.40. The number of carbonyl (C=O) groups excluding carboxylic acids is 1. The van der Waals surface area contributed by atoms with Crippen LogP contribution >= 0.6 is 23.4 Å². The number of halogens is 1. The maximum absolute atomic E-state index is 12.4. The summed E-state index contributed by atoms with van der Waals surface area (Å²) >= 11 is 7.37. The first kappa shape index (κ1) is 18.5. The summed E-state index contributed by atoms with van der Waals surface area (Å²) in [6.07, 6.45) is 0. The minimum Gasteiger partial charge on any atom is -0.496 e. The number of benzene rings is 1. The van der Waals surface area contributed by atoms with E-state index in [2.05, 4.69) is 9.97 Å². The van der Waals surface area contributed by atoms with Gasteiger partial charge in [0.2, 0.25) is 5.91 Å². The molecule has 0 bridgehead atoms. The van der Waals surface area contributed by atoms with Crippen LogP contribution in [0.4, 0.5) is 0 Å². The average molecular weight is 366 g/mol. The summed E-state index contributed by atoms with van der Waals surface area (Å²) in [7, 11) is 3.35. The van der Waals surface area contributed by atoms with Crippen LogP contribution in [0.5, 0.6) is 5.75 Å². The smallest absolute Gasteiger partial charge is 0.233 e. The Morgan fingerprint density at radius 1 is 1.25 bits per heavy atom. The molecular weight excluding hydrogens is 346 g/mol. The van der Waals surface area contributed by atoms with Crippen molar-refractivity contribution in [1.82, 2.24) is 14.9 Å². The topological polar surface area (TPSA) is 55.3 Å². The molecule has 0 aliphatic heterocycles. The third-order valence-electron chi connectivity index (χ3n) is 3.36. The fraction of sp³-hybridized carbons (Fsp3) is 0.353. The zero-order valence-corrected chi connectivity index (χ0v) is 15.7. The summed E-state index contributed by atoms with van der Waals surface area (Å²) in [4.78, 5) is 22.7. The van der Waals surface area contributed by atoms with Crippen molar-refractivity contribution in [1.29, 1.82) is 0 Å². The van der Waals surface area contributed by atoms with Gasteiger partial charge in [-0.25, -0.2) is 9.97 Å². The van der Waals surface area contributed by atoms with E-state index in [1.807, 2.05) is 26.0 Å². The van der Waals surface area contributed by atoms with E-state index >= 15 is 0 Å². The second kappa shape index (κ2) is 8.35. The standard InChI is InChI=1S/C17H20ClN3O2S/c1-11-7-12(2)20-17(19-11)24-10-16(22)21(3)9-13-8-14(18)5-6-15(13)23-4/h5-8H,9-10H2,1-4H3. The lowest BCUT2D eigenvalue weighted by Gasteiger charge is -2.19.